The predicted molar refractivity (Wildman–Crippen MR) is 111 cm³/mol. The summed E-state index contributed by atoms with van der Waals surface area (Å²) < 4.78 is 10.8. The summed E-state index contributed by atoms with van der Waals surface area (Å²) in [6.07, 6.45) is 4.31. The fourth-order valence-electron chi connectivity index (χ4n) is 3.70. The van der Waals surface area contributed by atoms with E-state index in [0.29, 0.717) is 17.9 Å². The molecule has 1 atom stereocenters. The zero-order chi connectivity index (χ0) is 20.6. The fourth-order valence-corrected chi connectivity index (χ4v) is 3.70. The third kappa shape index (κ3) is 5.94. The average Bonchev–Trinajstić information content (AvgIpc) is 3.28. The number of rotatable bonds is 9. The Morgan fingerprint density at radius 2 is 2.00 bits per heavy atom. The molecule has 3 rings (SSSR count). The second kappa shape index (κ2) is 10.3. The molecule has 1 fully saturated rings. The van der Waals surface area contributed by atoms with Crippen LogP contribution in [0.1, 0.15) is 54.8 Å². The van der Waals surface area contributed by atoms with Crippen LogP contribution in [0.2, 0.25) is 0 Å². The fraction of sp³-hybridized carbons (Fsp3) is 0.478. The molecule has 1 aliphatic rings. The molecule has 6 nitrogen and oxygen atoms in total. The van der Waals surface area contributed by atoms with E-state index in [1.54, 1.807) is 37.6 Å². The molecule has 6 heteroatoms. The second-order valence-electron chi connectivity index (χ2n) is 7.71. The molecular weight excluding hydrogens is 368 g/mol. The molecule has 156 valence electrons. The van der Waals surface area contributed by atoms with Crippen LogP contribution in [0, 0.1) is 5.92 Å². The van der Waals surface area contributed by atoms with Crippen LogP contribution in [0.4, 0.5) is 0 Å². The molecule has 2 heterocycles. The van der Waals surface area contributed by atoms with Gasteiger partial charge in [-0.25, -0.2) is 0 Å². The molecule has 0 radical (unpaired) electrons. The molecule has 1 aromatic heterocycles. The Hall–Kier alpha value is -2.60. The first kappa shape index (κ1) is 21.1. The van der Waals surface area contributed by atoms with Gasteiger partial charge in [-0.3, -0.25) is 14.5 Å². The quantitative estimate of drug-likeness (QED) is 0.650. The van der Waals surface area contributed by atoms with E-state index in [9.17, 15) is 9.59 Å². The third-order valence-electron chi connectivity index (χ3n) is 5.59. The molecule has 0 saturated carbocycles. The third-order valence-corrected chi connectivity index (χ3v) is 5.59. The molecule has 1 aromatic carbocycles. The first-order chi connectivity index (χ1) is 14.1. The molecule has 1 saturated heterocycles. The number of nitrogens with one attached hydrogen (secondary N) is 1. The maximum absolute atomic E-state index is 12.4. The van der Waals surface area contributed by atoms with Crippen LogP contribution in [0.5, 0.6) is 5.75 Å². The number of methoxy groups -OCH3 is 1. The van der Waals surface area contributed by atoms with Crippen LogP contribution in [0.25, 0.3) is 0 Å². The molecule has 1 unspecified atom stereocenters. The number of carbonyl (C=O) groups is 2. The van der Waals surface area contributed by atoms with Crippen LogP contribution in [-0.4, -0.2) is 43.3 Å². The highest BCUT2D eigenvalue weighted by atomic mass is 16.5. The van der Waals surface area contributed by atoms with Gasteiger partial charge in [0, 0.05) is 24.9 Å². The van der Waals surface area contributed by atoms with Crippen LogP contribution in [0.3, 0.4) is 0 Å². The minimum absolute atomic E-state index is 0.0236. The lowest BCUT2D eigenvalue weighted by Gasteiger charge is -2.35. The van der Waals surface area contributed by atoms with E-state index >= 15 is 0 Å². The number of benzene rings is 1. The smallest absolute Gasteiger partial charge is 0.220 e. The molecule has 29 heavy (non-hydrogen) atoms. The zero-order valence-corrected chi connectivity index (χ0v) is 17.2. The number of carbonyl (C=O) groups excluding carboxylic acids is 2. The van der Waals surface area contributed by atoms with Crippen molar-refractivity contribution in [1.29, 1.82) is 0 Å². The summed E-state index contributed by atoms with van der Waals surface area (Å²) in [6, 6.07) is 10.9. The van der Waals surface area contributed by atoms with Crippen LogP contribution >= 0.6 is 0 Å². The summed E-state index contributed by atoms with van der Waals surface area (Å²) in [5.74, 6) is 2.06. The zero-order valence-electron chi connectivity index (χ0n) is 17.2. The number of hydrogen-bond acceptors (Lipinski definition) is 5. The summed E-state index contributed by atoms with van der Waals surface area (Å²) in [5.41, 5.74) is 0.563. The molecule has 1 N–H and O–H groups in total. The Kier molecular flexibility index (Phi) is 7.47. The number of likely N-dealkylation sites (tertiary alicyclic amines) is 1. The van der Waals surface area contributed by atoms with Crippen molar-refractivity contribution in [3.8, 4) is 5.75 Å². The first-order valence-electron chi connectivity index (χ1n) is 10.3. The van der Waals surface area contributed by atoms with Gasteiger partial charge in [-0.2, -0.15) is 0 Å². The van der Waals surface area contributed by atoms with E-state index in [1.165, 1.54) is 0 Å². The van der Waals surface area contributed by atoms with Crippen molar-refractivity contribution in [2.24, 2.45) is 5.92 Å². The van der Waals surface area contributed by atoms with E-state index in [0.717, 1.165) is 37.6 Å². The summed E-state index contributed by atoms with van der Waals surface area (Å²) in [4.78, 5) is 27.1. The summed E-state index contributed by atoms with van der Waals surface area (Å²) in [6.45, 7) is 4.75. The number of ether oxygens (including phenoxy) is 1. The van der Waals surface area contributed by atoms with Crippen molar-refractivity contribution in [2.45, 2.75) is 38.6 Å². The second-order valence-corrected chi connectivity index (χ2v) is 7.71. The SMILES string of the molecule is COc1cccc(C(=O)CCC(=O)NCC(c2ccco2)N2CCC(C)CC2)c1. The van der Waals surface area contributed by atoms with Gasteiger partial charge >= 0.3 is 0 Å². The van der Waals surface area contributed by atoms with Gasteiger partial charge in [0.05, 0.1) is 19.4 Å². The maximum atomic E-state index is 12.4. The van der Waals surface area contributed by atoms with Gasteiger partial charge in [0.1, 0.15) is 11.5 Å². The van der Waals surface area contributed by atoms with Crippen molar-refractivity contribution in [1.82, 2.24) is 10.2 Å². The monoisotopic (exact) mass is 398 g/mol. The van der Waals surface area contributed by atoms with Gasteiger partial charge in [-0.05, 0) is 56.1 Å². The van der Waals surface area contributed by atoms with E-state index in [4.69, 9.17) is 9.15 Å². The molecule has 0 aliphatic carbocycles. The summed E-state index contributed by atoms with van der Waals surface area (Å²) >= 11 is 0. The van der Waals surface area contributed by atoms with Crippen LogP contribution < -0.4 is 10.1 Å². The lowest BCUT2D eigenvalue weighted by atomic mass is 9.97. The van der Waals surface area contributed by atoms with Crippen molar-refractivity contribution < 1.29 is 18.7 Å². The van der Waals surface area contributed by atoms with Gasteiger partial charge in [0.15, 0.2) is 5.78 Å². The van der Waals surface area contributed by atoms with E-state index in [2.05, 4.69) is 17.1 Å². The highest BCUT2D eigenvalue weighted by molar-refractivity contribution is 5.98. The Balaban J connectivity index is 1.51. The molecular formula is C23H30N2O4. The van der Waals surface area contributed by atoms with E-state index in [1.807, 2.05) is 12.1 Å². The van der Waals surface area contributed by atoms with Crippen molar-refractivity contribution in [2.75, 3.05) is 26.7 Å². The van der Waals surface area contributed by atoms with Gasteiger partial charge in [0.25, 0.3) is 0 Å². The minimum atomic E-state index is -0.122. The maximum Gasteiger partial charge on any atom is 0.220 e. The number of Topliss-reactive ketones (excluding diaryl/α,β-unsaturated/α-hetero) is 1. The lowest BCUT2D eigenvalue weighted by molar-refractivity contribution is -0.121. The average molecular weight is 399 g/mol. The van der Waals surface area contributed by atoms with Gasteiger partial charge in [0.2, 0.25) is 5.91 Å². The van der Waals surface area contributed by atoms with Gasteiger partial charge in [-0.15, -0.1) is 0 Å². The Morgan fingerprint density at radius 3 is 2.69 bits per heavy atom. The lowest BCUT2D eigenvalue weighted by Crippen LogP contribution is -2.41. The molecule has 0 spiro atoms. The summed E-state index contributed by atoms with van der Waals surface area (Å²) in [7, 11) is 1.56. The number of nitrogens with zero attached hydrogens (tertiary/aromatic N) is 1. The molecule has 1 amide bonds. The van der Waals surface area contributed by atoms with Crippen molar-refractivity contribution in [3.05, 3.63) is 54.0 Å². The van der Waals surface area contributed by atoms with Crippen molar-refractivity contribution >= 4 is 11.7 Å². The van der Waals surface area contributed by atoms with E-state index < -0.39 is 0 Å². The highest BCUT2D eigenvalue weighted by Gasteiger charge is 2.26. The Morgan fingerprint density at radius 1 is 1.21 bits per heavy atom. The predicted octanol–water partition coefficient (Wildman–Crippen LogP) is 3.84. The van der Waals surface area contributed by atoms with Crippen LogP contribution in [0.15, 0.2) is 47.1 Å². The standard InChI is InChI=1S/C23H30N2O4/c1-17-10-12-25(13-11-17)20(22-7-4-14-29-22)16-24-23(27)9-8-21(26)18-5-3-6-19(15-18)28-2/h3-7,14-15,17,20H,8-13,16H2,1-2H3,(H,24,27). The van der Waals surface area contributed by atoms with Gasteiger partial charge in [-0.1, -0.05) is 19.1 Å². The number of ketones is 1. The molecule has 2 aromatic rings. The summed E-state index contributed by atoms with van der Waals surface area (Å²) in [5, 5.41) is 2.99. The normalized spacial score (nSPS) is 16.3. The number of furan rings is 1. The highest BCUT2D eigenvalue weighted by Crippen LogP contribution is 2.26. The molecule has 1 aliphatic heterocycles. The first-order valence-corrected chi connectivity index (χ1v) is 10.3. The largest absolute Gasteiger partial charge is 0.497 e. The van der Waals surface area contributed by atoms with Gasteiger partial charge < -0.3 is 14.5 Å². The molecule has 0 bridgehead atoms. The number of hydrogen-bond donors (Lipinski definition) is 1. The van der Waals surface area contributed by atoms with E-state index in [-0.39, 0.29) is 30.6 Å². The number of amides is 1. The number of piperidine rings is 1. The minimum Gasteiger partial charge on any atom is -0.497 e. The Labute approximate surface area is 172 Å². The topological polar surface area (TPSA) is 71.8 Å². The van der Waals surface area contributed by atoms with Crippen molar-refractivity contribution in [3.63, 3.8) is 0 Å². The Bertz CT molecular complexity index is 795. The van der Waals surface area contributed by atoms with Crippen LogP contribution in [-0.2, 0) is 4.79 Å².